The molecule has 1 aliphatic carbocycles. The normalized spacial score (nSPS) is 22.9. The zero-order valence-corrected chi connectivity index (χ0v) is 12.7. The first-order chi connectivity index (χ1) is 9.44. The average Bonchev–Trinajstić information content (AvgIpc) is 2.82. The Balaban J connectivity index is 2.08. The van der Waals surface area contributed by atoms with Crippen LogP contribution in [0.4, 0.5) is 0 Å². The maximum atomic E-state index is 12.2. The standard InChI is InChI=1S/C13H18ClNO4S/c1-19-13-6-5-10(7-11(13)14)20(17,18)15-8-9-3-2-4-12(9)16/h5-7,9,12,15-16H,2-4,8H2,1H3. The minimum atomic E-state index is -3.62. The number of sulfonamides is 1. The molecule has 7 heteroatoms. The highest BCUT2D eigenvalue weighted by atomic mass is 35.5. The van der Waals surface area contributed by atoms with Crippen molar-refractivity contribution in [2.45, 2.75) is 30.3 Å². The van der Waals surface area contributed by atoms with Crippen molar-refractivity contribution >= 4 is 21.6 Å². The third-order valence-corrected chi connectivity index (χ3v) is 5.30. The lowest BCUT2D eigenvalue weighted by Crippen LogP contribution is -2.32. The van der Waals surface area contributed by atoms with Crippen molar-refractivity contribution in [3.05, 3.63) is 23.2 Å². The lowest BCUT2D eigenvalue weighted by Gasteiger charge is -2.15. The highest BCUT2D eigenvalue weighted by Crippen LogP contribution is 2.28. The Labute approximate surface area is 124 Å². The fraction of sp³-hybridized carbons (Fsp3) is 0.538. The smallest absolute Gasteiger partial charge is 0.240 e. The summed E-state index contributed by atoms with van der Waals surface area (Å²) in [7, 11) is -2.15. The number of hydrogen-bond acceptors (Lipinski definition) is 4. The summed E-state index contributed by atoms with van der Waals surface area (Å²) in [5.74, 6) is 0.412. The molecule has 1 fully saturated rings. The van der Waals surface area contributed by atoms with Gasteiger partial charge in [-0.15, -0.1) is 0 Å². The van der Waals surface area contributed by atoms with Gasteiger partial charge in [0.1, 0.15) is 5.75 Å². The van der Waals surface area contributed by atoms with Crippen molar-refractivity contribution in [2.75, 3.05) is 13.7 Å². The molecule has 5 nitrogen and oxygen atoms in total. The molecule has 0 bridgehead atoms. The molecule has 0 spiro atoms. The Morgan fingerprint density at radius 3 is 2.75 bits per heavy atom. The van der Waals surface area contributed by atoms with Crippen LogP contribution >= 0.6 is 11.6 Å². The fourth-order valence-corrected chi connectivity index (χ4v) is 3.81. The minimum Gasteiger partial charge on any atom is -0.495 e. The molecule has 2 rings (SSSR count). The third-order valence-electron chi connectivity index (χ3n) is 3.59. The summed E-state index contributed by atoms with van der Waals surface area (Å²) in [6.07, 6.45) is 2.09. The highest BCUT2D eigenvalue weighted by molar-refractivity contribution is 7.89. The number of rotatable bonds is 5. The third kappa shape index (κ3) is 3.44. The summed E-state index contributed by atoms with van der Waals surface area (Å²) >= 11 is 5.93. The second-order valence-corrected chi connectivity index (χ2v) is 7.08. The van der Waals surface area contributed by atoms with Crippen LogP contribution in [-0.2, 0) is 10.0 Å². The van der Waals surface area contributed by atoms with Crippen LogP contribution < -0.4 is 9.46 Å². The second-order valence-electron chi connectivity index (χ2n) is 4.91. The van der Waals surface area contributed by atoms with E-state index in [0.717, 1.165) is 19.3 Å². The van der Waals surface area contributed by atoms with E-state index in [1.54, 1.807) is 0 Å². The summed E-state index contributed by atoms with van der Waals surface area (Å²) in [5.41, 5.74) is 0. The maximum absolute atomic E-state index is 12.2. The van der Waals surface area contributed by atoms with Gasteiger partial charge in [0.05, 0.1) is 23.1 Å². The SMILES string of the molecule is COc1ccc(S(=O)(=O)NCC2CCCC2O)cc1Cl. The predicted molar refractivity (Wildman–Crippen MR) is 76.5 cm³/mol. The Kier molecular flexibility index (Phi) is 4.90. The van der Waals surface area contributed by atoms with Crippen molar-refractivity contribution in [3.8, 4) is 5.75 Å². The molecule has 0 amide bonds. The molecule has 0 aromatic heterocycles. The molecule has 2 atom stereocenters. The van der Waals surface area contributed by atoms with Crippen LogP contribution in [0.1, 0.15) is 19.3 Å². The average molecular weight is 320 g/mol. The number of benzene rings is 1. The Hall–Kier alpha value is -0.820. The molecule has 0 heterocycles. The quantitative estimate of drug-likeness (QED) is 0.867. The van der Waals surface area contributed by atoms with Gasteiger partial charge >= 0.3 is 0 Å². The molecule has 0 aliphatic heterocycles. The van der Waals surface area contributed by atoms with Crippen LogP contribution in [0.5, 0.6) is 5.75 Å². The van der Waals surface area contributed by atoms with Crippen molar-refractivity contribution in [1.29, 1.82) is 0 Å². The van der Waals surface area contributed by atoms with Gasteiger partial charge in [-0.2, -0.15) is 0 Å². The zero-order valence-electron chi connectivity index (χ0n) is 11.2. The van der Waals surface area contributed by atoms with Gasteiger partial charge in [0.25, 0.3) is 0 Å². The number of methoxy groups -OCH3 is 1. The Bertz CT molecular complexity index is 576. The molecule has 1 aromatic rings. The molecule has 2 N–H and O–H groups in total. The van der Waals surface area contributed by atoms with Crippen molar-refractivity contribution in [2.24, 2.45) is 5.92 Å². The molecule has 1 saturated carbocycles. The van der Waals surface area contributed by atoms with Crippen LogP contribution in [0.25, 0.3) is 0 Å². The van der Waals surface area contributed by atoms with Crippen LogP contribution in [0.15, 0.2) is 23.1 Å². The number of ether oxygens (including phenoxy) is 1. The molecule has 2 unspecified atom stereocenters. The molecule has 0 radical (unpaired) electrons. The minimum absolute atomic E-state index is 0.0153. The molecule has 1 aliphatic rings. The van der Waals surface area contributed by atoms with E-state index in [4.69, 9.17) is 16.3 Å². The largest absolute Gasteiger partial charge is 0.495 e. The van der Waals surface area contributed by atoms with E-state index in [2.05, 4.69) is 4.72 Å². The van der Waals surface area contributed by atoms with Gasteiger partial charge in [0.15, 0.2) is 0 Å². The van der Waals surface area contributed by atoms with E-state index in [1.165, 1.54) is 25.3 Å². The molecule has 1 aromatic carbocycles. The first-order valence-corrected chi connectivity index (χ1v) is 8.31. The lowest BCUT2D eigenvalue weighted by molar-refractivity contribution is 0.134. The van der Waals surface area contributed by atoms with E-state index >= 15 is 0 Å². The topological polar surface area (TPSA) is 75.6 Å². The summed E-state index contributed by atoms with van der Waals surface area (Å²) in [6, 6.07) is 4.31. The zero-order chi connectivity index (χ0) is 14.8. The Morgan fingerprint density at radius 2 is 2.20 bits per heavy atom. The Morgan fingerprint density at radius 1 is 1.45 bits per heavy atom. The van der Waals surface area contributed by atoms with Gasteiger partial charge < -0.3 is 9.84 Å². The number of hydrogen-bond donors (Lipinski definition) is 2. The lowest BCUT2D eigenvalue weighted by atomic mass is 10.1. The van der Waals surface area contributed by atoms with Gasteiger partial charge in [-0.25, -0.2) is 13.1 Å². The van der Waals surface area contributed by atoms with Gasteiger partial charge in [-0.05, 0) is 37.0 Å². The number of aliphatic hydroxyl groups is 1. The van der Waals surface area contributed by atoms with E-state index in [9.17, 15) is 13.5 Å². The second kappa shape index (κ2) is 6.30. The summed E-state index contributed by atoms with van der Waals surface area (Å²) in [6.45, 7) is 0.243. The van der Waals surface area contributed by atoms with Gasteiger partial charge in [0, 0.05) is 6.54 Å². The highest BCUT2D eigenvalue weighted by Gasteiger charge is 2.27. The molecule has 0 saturated heterocycles. The van der Waals surface area contributed by atoms with Gasteiger partial charge in [-0.1, -0.05) is 18.0 Å². The predicted octanol–water partition coefficient (Wildman–Crippen LogP) is 1.79. The van der Waals surface area contributed by atoms with Gasteiger partial charge in [0.2, 0.25) is 10.0 Å². The number of aliphatic hydroxyl groups excluding tert-OH is 1. The van der Waals surface area contributed by atoms with E-state index in [0.29, 0.717) is 5.75 Å². The monoisotopic (exact) mass is 319 g/mol. The van der Waals surface area contributed by atoms with Crippen LogP contribution in [0, 0.1) is 5.92 Å². The van der Waals surface area contributed by atoms with Crippen LogP contribution in [0.2, 0.25) is 5.02 Å². The summed E-state index contributed by atoms with van der Waals surface area (Å²) < 4.78 is 31.8. The fourth-order valence-electron chi connectivity index (χ4n) is 2.37. The van der Waals surface area contributed by atoms with Crippen LogP contribution in [-0.4, -0.2) is 33.3 Å². The van der Waals surface area contributed by atoms with Crippen molar-refractivity contribution < 1.29 is 18.3 Å². The first kappa shape index (κ1) is 15.6. The van der Waals surface area contributed by atoms with Crippen LogP contribution in [0.3, 0.4) is 0 Å². The maximum Gasteiger partial charge on any atom is 0.240 e. The van der Waals surface area contributed by atoms with E-state index < -0.39 is 16.1 Å². The number of halogens is 1. The van der Waals surface area contributed by atoms with E-state index in [-0.39, 0.29) is 22.4 Å². The van der Waals surface area contributed by atoms with Crippen molar-refractivity contribution in [3.63, 3.8) is 0 Å². The summed E-state index contributed by atoms with van der Waals surface area (Å²) in [5, 5.41) is 9.94. The number of nitrogens with one attached hydrogen (secondary N) is 1. The molecule has 112 valence electrons. The van der Waals surface area contributed by atoms with E-state index in [1.807, 2.05) is 0 Å². The van der Waals surface area contributed by atoms with Gasteiger partial charge in [-0.3, -0.25) is 0 Å². The molecule has 20 heavy (non-hydrogen) atoms. The van der Waals surface area contributed by atoms with Crippen molar-refractivity contribution in [1.82, 2.24) is 4.72 Å². The molecular formula is C13H18ClNO4S. The first-order valence-electron chi connectivity index (χ1n) is 6.45. The summed E-state index contributed by atoms with van der Waals surface area (Å²) in [4.78, 5) is 0.0933. The molecular weight excluding hydrogens is 302 g/mol.